The van der Waals surface area contributed by atoms with E-state index in [4.69, 9.17) is 29.9 Å². The second-order valence-electron chi connectivity index (χ2n) is 7.19. The van der Waals surface area contributed by atoms with Crippen molar-refractivity contribution in [1.29, 1.82) is 0 Å². The Kier molecular flexibility index (Phi) is 4.84. The van der Waals surface area contributed by atoms with Crippen molar-refractivity contribution in [3.63, 3.8) is 0 Å². The Labute approximate surface area is 179 Å². The van der Waals surface area contributed by atoms with E-state index < -0.39 is 23.3 Å². The van der Waals surface area contributed by atoms with Crippen LogP contribution in [-0.2, 0) is 9.53 Å². The van der Waals surface area contributed by atoms with Gasteiger partial charge in [-0.2, -0.15) is 0 Å². The number of ether oxygens (including phenoxy) is 2. The van der Waals surface area contributed by atoms with Crippen LogP contribution in [0, 0.1) is 0 Å². The predicted octanol–water partition coefficient (Wildman–Crippen LogP) is 4.30. The summed E-state index contributed by atoms with van der Waals surface area (Å²) in [5.41, 5.74) is -0.165. The number of esters is 1. The molecule has 7 nitrogen and oxygen atoms in total. The highest BCUT2D eigenvalue weighted by Crippen LogP contribution is 2.30. The van der Waals surface area contributed by atoms with Crippen molar-refractivity contribution < 1.29 is 23.1 Å². The van der Waals surface area contributed by atoms with Crippen molar-refractivity contribution in [2.24, 2.45) is 0 Å². The van der Waals surface area contributed by atoms with Gasteiger partial charge in [-0.3, -0.25) is 0 Å². The third-order valence-corrected chi connectivity index (χ3v) is 5.35. The molecule has 0 aliphatic carbocycles. The van der Waals surface area contributed by atoms with Crippen LogP contribution >= 0.6 is 11.6 Å². The highest BCUT2D eigenvalue weighted by Gasteiger charge is 2.26. The molecule has 0 amide bonds. The van der Waals surface area contributed by atoms with Crippen molar-refractivity contribution in [2.45, 2.75) is 18.9 Å². The summed E-state index contributed by atoms with van der Waals surface area (Å²) in [6.07, 6.45) is 0.811. The molecule has 2 aromatic carbocycles. The molecule has 2 aromatic heterocycles. The summed E-state index contributed by atoms with van der Waals surface area (Å²) in [5, 5.41) is 1.60. The fraction of sp³-hybridized carbons (Fsp3) is 0.174. The summed E-state index contributed by atoms with van der Waals surface area (Å²) < 4.78 is 21.4. The molecule has 5 rings (SSSR count). The van der Waals surface area contributed by atoms with Crippen molar-refractivity contribution in [1.82, 2.24) is 0 Å². The van der Waals surface area contributed by atoms with Crippen LogP contribution in [0.15, 0.2) is 67.0 Å². The molecule has 31 heavy (non-hydrogen) atoms. The zero-order chi connectivity index (χ0) is 21.5. The van der Waals surface area contributed by atoms with E-state index in [0.717, 1.165) is 6.42 Å². The van der Waals surface area contributed by atoms with Crippen LogP contribution in [-0.4, -0.2) is 18.7 Å². The van der Waals surface area contributed by atoms with E-state index in [2.05, 4.69) is 0 Å². The van der Waals surface area contributed by atoms with Crippen molar-refractivity contribution in [3.8, 4) is 16.9 Å². The van der Waals surface area contributed by atoms with Gasteiger partial charge in [0.2, 0.25) is 0 Å². The van der Waals surface area contributed by atoms with E-state index in [9.17, 15) is 14.4 Å². The largest absolute Gasteiger partial charge is 0.424 e. The fourth-order valence-electron chi connectivity index (χ4n) is 3.66. The van der Waals surface area contributed by atoms with Gasteiger partial charge in [0.25, 0.3) is 0 Å². The molecule has 0 bridgehead atoms. The van der Waals surface area contributed by atoms with Crippen molar-refractivity contribution >= 4 is 39.5 Å². The topological polar surface area (TPSA) is 96.0 Å². The zero-order valence-corrected chi connectivity index (χ0v) is 16.8. The molecule has 1 atom stereocenters. The lowest BCUT2D eigenvalue weighted by Crippen LogP contribution is -2.24. The van der Waals surface area contributed by atoms with Crippen molar-refractivity contribution in [3.05, 3.63) is 74.4 Å². The van der Waals surface area contributed by atoms with Gasteiger partial charge in [-0.15, -0.1) is 0 Å². The lowest BCUT2D eigenvalue weighted by Gasteiger charge is -2.10. The van der Waals surface area contributed by atoms with Gasteiger partial charge in [-0.1, -0.05) is 11.6 Å². The average molecular weight is 439 g/mol. The summed E-state index contributed by atoms with van der Waals surface area (Å²) in [7, 11) is 0. The monoisotopic (exact) mass is 438 g/mol. The summed E-state index contributed by atoms with van der Waals surface area (Å²) in [6, 6.07) is 12.4. The number of hydrogen-bond donors (Lipinski definition) is 0. The molecule has 0 spiro atoms. The summed E-state index contributed by atoms with van der Waals surface area (Å²) in [5.74, 6) is -0.284. The van der Waals surface area contributed by atoms with E-state index in [-0.39, 0.29) is 16.9 Å². The van der Waals surface area contributed by atoms with Crippen LogP contribution in [0.5, 0.6) is 5.75 Å². The molecule has 1 aliphatic rings. The van der Waals surface area contributed by atoms with Crippen LogP contribution in [0.1, 0.15) is 12.8 Å². The van der Waals surface area contributed by atoms with Crippen molar-refractivity contribution in [2.75, 3.05) is 6.61 Å². The quantitative estimate of drug-likeness (QED) is 0.267. The Hall–Kier alpha value is -3.42. The zero-order valence-electron chi connectivity index (χ0n) is 16.1. The Morgan fingerprint density at radius 3 is 2.65 bits per heavy atom. The first-order valence-corrected chi connectivity index (χ1v) is 10.0. The third kappa shape index (κ3) is 3.73. The Morgan fingerprint density at radius 2 is 1.84 bits per heavy atom. The minimum Gasteiger partial charge on any atom is -0.424 e. The highest BCUT2D eigenvalue weighted by molar-refractivity contribution is 6.31. The molecule has 0 radical (unpaired) electrons. The maximum absolute atomic E-state index is 12.6. The molecule has 156 valence electrons. The van der Waals surface area contributed by atoms with E-state index in [1.54, 1.807) is 36.4 Å². The van der Waals surface area contributed by atoms with Crippen LogP contribution < -0.4 is 16.0 Å². The maximum Gasteiger partial charge on any atom is 0.344 e. The molecule has 0 saturated carbocycles. The lowest BCUT2D eigenvalue weighted by atomic mass is 10.0. The molecular weight excluding hydrogens is 424 g/mol. The molecule has 1 fully saturated rings. The van der Waals surface area contributed by atoms with Gasteiger partial charge in [0, 0.05) is 40.1 Å². The average Bonchev–Trinajstić information content (AvgIpc) is 3.28. The molecule has 0 N–H and O–H groups in total. The highest BCUT2D eigenvalue weighted by atomic mass is 35.5. The van der Waals surface area contributed by atoms with Gasteiger partial charge in [-0.25, -0.2) is 14.4 Å². The first-order chi connectivity index (χ1) is 15.0. The van der Waals surface area contributed by atoms with Crippen LogP contribution in [0.3, 0.4) is 0 Å². The molecule has 1 aliphatic heterocycles. The standard InChI is InChI=1S/C23H15ClO7/c24-13-3-6-18-12(8-13)9-17(22(26)31-18)16-11-21(25)30-20-10-14(4-5-15(16)20)29-23(27)19-2-1-7-28-19/h3-6,8-11,19H,1-2,7H2. The molecular formula is C23H15ClO7. The second kappa shape index (κ2) is 7.68. The molecule has 1 unspecified atom stereocenters. The lowest BCUT2D eigenvalue weighted by molar-refractivity contribution is -0.144. The number of benzene rings is 2. The molecule has 3 heterocycles. The van der Waals surface area contributed by atoms with Crippen LogP contribution in [0.25, 0.3) is 33.1 Å². The van der Waals surface area contributed by atoms with Gasteiger partial charge in [-0.05, 0) is 49.2 Å². The number of carbonyl (C=O) groups excluding carboxylic acids is 1. The summed E-state index contributed by atoms with van der Waals surface area (Å²) in [4.78, 5) is 37.0. The Bertz CT molecular complexity index is 1440. The van der Waals surface area contributed by atoms with Gasteiger partial charge in [0.1, 0.15) is 16.9 Å². The minimum absolute atomic E-state index is 0.172. The van der Waals surface area contributed by atoms with E-state index in [0.29, 0.717) is 40.0 Å². The predicted molar refractivity (Wildman–Crippen MR) is 114 cm³/mol. The number of fused-ring (bicyclic) bond motifs is 2. The fourth-order valence-corrected chi connectivity index (χ4v) is 3.84. The van der Waals surface area contributed by atoms with Gasteiger partial charge >= 0.3 is 17.2 Å². The first-order valence-electron chi connectivity index (χ1n) is 9.63. The van der Waals surface area contributed by atoms with Gasteiger partial charge < -0.3 is 18.3 Å². The van der Waals surface area contributed by atoms with Gasteiger partial charge in [0.15, 0.2) is 6.10 Å². The second-order valence-corrected chi connectivity index (χ2v) is 7.63. The molecule has 1 saturated heterocycles. The van der Waals surface area contributed by atoms with Gasteiger partial charge in [0.05, 0.1) is 5.56 Å². The first kappa shape index (κ1) is 19.5. The van der Waals surface area contributed by atoms with Crippen LogP contribution in [0.2, 0.25) is 5.02 Å². The van der Waals surface area contributed by atoms with Crippen LogP contribution in [0.4, 0.5) is 0 Å². The number of hydrogen-bond acceptors (Lipinski definition) is 7. The summed E-state index contributed by atoms with van der Waals surface area (Å²) >= 11 is 6.05. The van der Waals surface area contributed by atoms with E-state index >= 15 is 0 Å². The normalized spacial score (nSPS) is 16.1. The summed E-state index contributed by atoms with van der Waals surface area (Å²) in [6.45, 7) is 0.523. The van der Waals surface area contributed by atoms with E-state index in [1.807, 2.05) is 0 Å². The number of rotatable bonds is 3. The number of carbonyl (C=O) groups is 1. The maximum atomic E-state index is 12.6. The Balaban J connectivity index is 1.60. The Morgan fingerprint density at radius 1 is 0.968 bits per heavy atom. The molecule has 8 heteroatoms. The smallest absolute Gasteiger partial charge is 0.344 e. The third-order valence-electron chi connectivity index (χ3n) is 5.11. The SMILES string of the molecule is O=C(Oc1ccc2c(-c3cc4cc(Cl)ccc4oc3=O)cc(=O)oc2c1)C1CCCO1. The number of halogens is 1. The van der Waals surface area contributed by atoms with E-state index in [1.165, 1.54) is 12.1 Å². The minimum atomic E-state index is -0.657. The molecule has 4 aromatic rings.